The monoisotopic (exact) mass is 273 g/mol. The zero-order valence-electron chi connectivity index (χ0n) is 12.8. The van der Waals surface area contributed by atoms with Gasteiger partial charge in [-0.25, -0.2) is 0 Å². The second-order valence-corrected chi connectivity index (χ2v) is 6.89. The van der Waals surface area contributed by atoms with Gasteiger partial charge in [-0.3, -0.25) is 0 Å². The largest absolute Gasteiger partial charge is 0.490 e. The first-order valence-corrected chi connectivity index (χ1v) is 8.19. The summed E-state index contributed by atoms with van der Waals surface area (Å²) in [6.45, 7) is 6.83. The summed E-state index contributed by atoms with van der Waals surface area (Å²) < 4.78 is 5.92. The third-order valence-corrected chi connectivity index (χ3v) is 4.49. The third kappa shape index (κ3) is 3.54. The van der Waals surface area contributed by atoms with Crippen molar-refractivity contribution in [3.63, 3.8) is 0 Å². The molecule has 2 aliphatic carbocycles. The van der Waals surface area contributed by atoms with Crippen LogP contribution in [0.25, 0.3) is 0 Å². The van der Waals surface area contributed by atoms with E-state index in [2.05, 4.69) is 43.4 Å². The van der Waals surface area contributed by atoms with Crippen molar-refractivity contribution in [1.82, 2.24) is 5.32 Å². The Kier molecular flexibility index (Phi) is 4.30. The van der Waals surface area contributed by atoms with E-state index >= 15 is 0 Å². The van der Waals surface area contributed by atoms with Crippen LogP contribution in [0.3, 0.4) is 0 Å². The summed E-state index contributed by atoms with van der Waals surface area (Å²) >= 11 is 0. The van der Waals surface area contributed by atoms with E-state index in [4.69, 9.17) is 4.74 Å². The highest BCUT2D eigenvalue weighted by atomic mass is 16.5. The fourth-order valence-electron chi connectivity index (χ4n) is 3.01. The molecule has 0 amide bonds. The van der Waals surface area contributed by atoms with Crippen LogP contribution in [-0.2, 0) is 0 Å². The van der Waals surface area contributed by atoms with Crippen LogP contribution in [-0.4, -0.2) is 19.2 Å². The van der Waals surface area contributed by atoms with E-state index in [1.54, 1.807) is 0 Å². The summed E-state index contributed by atoms with van der Waals surface area (Å²) in [6.07, 6.45) is 5.66. The smallest absolute Gasteiger partial charge is 0.120 e. The van der Waals surface area contributed by atoms with Crippen LogP contribution >= 0.6 is 0 Å². The Morgan fingerprint density at radius 1 is 1.20 bits per heavy atom. The van der Waals surface area contributed by atoms with Gasteiger partial charge in [0.2, 0.25) is 0 Å². The highest BCUT2D eigenvalue weighted by Crippen LogP contribution is 2.43. The molecule has 0 bridgehead atoms. The minimum atomic E-state index is 0.496. The molecule has 2 nitrogen and oxygen atoms in total. The SMILES string of the molecule is CC(C)CNCC1CCC1c1cccc(OC2CC2)c1. The van der Waals surface area contributed by atoms with Crippen molar-refractivity contribution in [2.24, 2.45) is 11.8 Å². The molecule has 1 aromatic carbocycles. The molecule has 110 valence electrons. The van der Waals surface area contributed by atoms with E-state index in [0.29, 0.717) is 6.10 Å². The van der Waals surface area contributed by atoms with Crippen molar-refractivity contribution in [2.75, 3.05) is 13.1 Å². The summed E-state index contributed by atoms with van der Waals surface area (Å²) in [7, 11) is 0. The molecule has 20 heavy (non-hydrogen) atoms. The van der Waals surface area contributed by atoms with Gasteiger partial charge in [0, 0.05) is 0 Å². The summed E-state index contributed by atoms with van der Waals surface area (Å²) in [5.41, 5.74) is 1.48. The van der Waals surface area contributed by atoms with Crippen molar-refractivity contribution in [3.8, 4) is 5.75 Å². The number of hydrogen-bond acceptors (Lipinski definition) is 2. The van der Waals surface area contributed by atoms with Crippen molar-refractivity contribution >= 4 is 0 Å². The minimum Gasteiger partial charge on any atom is -0.490 e. The van der Waals surface area contributed by atoms with Crippen LogP contribution in [0.1, 0.15) is 51.0 Å². The molecular weight excluding hydrogens is 246 g/mol. The lowest BCUT2D eigenvalue weighted by Gasteiger charge is -2.37. The molecule has 2 aliphatic rings. The van der Waals surface area contributed by atoms with Crippen LogP contribution < -0.4 is 10.1 Å². The molecule has 2 fully saturated rings. The van der Waals surface area contributed by atoms with Crippen molar-refractivity contribution in [2.45, 2.75) is 51.6 Å². The number of ether oxygens (including phenoxy) is 1. The normalized spacial score (nSPS) is 25.6. The predicted molar refractivity (Wildman–Crippen MR) is 83.3 cm³/mol. The van der Waals surface area contributed by atoms with Gasteiger partial charge in [-0.2, -0.15) is 0 Å². The van der Waals surface area contributed by atoms with E-state index in [1.807, 2.05) is 0 Å². The fourth-order valence-corrected chi connectivity index (χ4v) is 3.01. The fraction of sp³-hybridized carbons (Fsp3) is 0.667. The average molecular weight is 273 g/mol. The quantitative estimate of drug-likeness (QED) is 0.811. The number of benzene rings is 1. The number of nitrogens with one attached hydrogen (secondary N) is 1. The van der Waals surface area contributed by atoms with Crippen LogP contribution in [0.4, 0.5) is 0 Å². The van der Waals surface area contributed by atoms with Crippen LogP contribution in [0, 0.1) is 11.8 Å². The van der Waals surface area contributed by atoms with Crippen molar-refractivity contribution < 1.29 is 4.74 Å². The highest BCUT2D eigenvalue weighted by molar-refractivity contribution is 5.33. The van der Waals surface area contributed by atoms with Gasteiger partial charge >= 0.3 is 0 Å². The highest BCUT2D eigenvalue weighted by Gasteiger charge is 2.32. The molecule has 2 heteroatoms. The summed E-state index contributed by atoms with van der Waals surface area (Å²) in [5.74, 6) is 3.36. The maximum absolute atomic E-state index is 5.92. The zero-order valence-corrected chi connectivity index (χ0v) is 12.8. The molecular formula is C18H27NO. The molecule has 1 aromatic rings. The average Bonchev–Trinajstić information content (AvgIpc) is 3.17. The Hall–Kier alpha value is -1.02. The lowest BCUT2D eigenvalue weighted by atomic mass is 9.70. The Labute approximate surface area is 122 Å². The standard InChI is InChI=1S/C18H27NO/c1-13(2)11-19-12-15-6-9-18(15)14-4-3-5-17(10-14)20-16-7-8-16/h3-5,10,13,15-16,18-19H,6-9,11-12H2,1-2H3. The molecule has 2 unspecified atom stereocenters. The van der Waals surface area contributed by atoms with Gasteiger partial charge in [-0.05, 0) is 74.2 Å². The topological polar surface area (TPSA) is 21.3 Å². The lowest BCUT2D eigenvalue weighted by Crippen LogP contribution is -2.35. The molecule has 1 N–H and O–H groups in total. The van der Waals surface area contributed by atoms with E-state index in [0.717, 1.165) is 36.6 Å². The number of hydrogen-bond donors (Lipinski definition) is 1. The Balaban J connectivity index is 1.55. The van der Waals surface area contributed by atoms with Gasteiger partial charge in [0.15, 0.2) is 0 Å². The molecule has 2 saturated carbocycles. The minimum absolute atomic E-state index is 0.496. The predicted octanol–water partition coefficient (Wildman–Crippen LogP) is 3.97. The molecule has 0 heterocycles. The lowest BCUT2D eigenvalue weighted by molar-refractivity contribution is 0.242. The second-order valence-electron chi connectivity index (χ2n) is 6.89. The summed E-state index contributed by atoms with van der Waals surface area (Å²) in [6, 6.07) is 8.81. The Morgan fingerprint density at radius 2 is 2.05 bits per heavy atom. The van der Waals surface area contributed by atoms with Crippen LogP contribution in [0.2, 0.25) is 0 Å². The molecule has 0 saturated heterocycles. The summed E-state index contributed by atoms with van der Waals surface area (Å²) in [5, 5.41) is 3.61. The first-order chi connectivity index (χ1) is 9.72. The van der Waals surface area contributed by atoms with Gasteiger partial charge in [-0.1, -0.05) is 26.0 Å². The van der Waals surface area contributed by atoms with Crippen LogP contribution in [0.15, 0.2) is 24.3 Å². The third-order valence-electron chi connectivity index (χ3n) is 4.49. The first-order valence-electron chi connectivity index (χ1n) is 8.19. The van der Waals surface area contributed by atoms with Gasteiger partial charge in [-0.15, -0.1) is 0 Å². The zero-order chi connectivity index (χ0) is 13.9. The van der Waals surface area contributed by atoms with Gasteiger partial charge in [0.25, 0.3) is 0 Å². The van der Waals surface area contributed by atoms with Gasteiger partial charge in [0.05, 0.1) is 6.10 Å². The number of rotatable bonds is 7. The Morgan fingerprint density at radius 3 is 2.70 bits per heavy atom. The van der Waals surface area contributed by atoms with Gasteiger partial charge in [0.1, 0.15) is 5.75 Å². The van der Waals surface area contributed by atoms with E-state index in [-0.39, 0.29) is 0 Å². The molecule has 0 spiro atoms. The molecule has 0 radical (unpaired) electrons. The molecule has 0 aromatic heterocycles. The maximum Gasteiger partial charge on any atom is 0.120 e. The Bertz CT molecular complexity index is 439. The van der Waals surface area contributed by atoms with E-state index < -0.39 is 0 Å². The molecule has 2 atom stereocenters. The second kappa shape index (κ2) is 6.17. The van der Waals surface area contributed by atoms with Crippen LogP contribution in [0.5, 0.6) is 5.75 Å². The van der Waals surface area contributed by atoms with Crippen molar-refractivity contribution in [1.29, 1.82) is 0 Å². The molecule has 3 rings (SSSR count). The van der Waals surface area contributed by atoms with Gasteiger partial charge < -0.3 is 10.1 Å². The van der Waals surface area contributed by atoms with Crippen molar-refractivity contribution in [3.05, 3.63) is 29.8 Å². The first kappa shape index (κ1) is 13.9. The van der Waals surface area contributed by atoms with E-state index in [1.165, 1.54) is 31.2 Å². The summed E-state index contributed by atoms with van der Waals surface area (Å²) in [4.78, 5) is 0. The maximum atomic E-state index is 5.92. The van der Waals surface area contributed by atoms with E-state index in [9.17, 15) is 0 Å². The molecule has 0 aliphatic heterocycles.